The fraction of sp³-hybridized carbons (Fsp3) is 0.107. The number of nitrogens with two attached hydrogens (primary N) is 1. The summed E-state index contributed by atoms with van der Waals surface area (Å²) in [6.45, 7) is 0.787. The van der Waals surface area contributed by atoms with E-state index in [2.05, 4.69) is 25.9 Å². The highest BCUT2D eigenvalue weighted by atomic mass is 19.1. The van der Waals surface area contributed by atoms with Gasteiger partial charge in [-0.2, -0.15) is 0 Å². The molecule has 4 N–H and O–H groups in total. The molecule has 0 amide bonds. The van der Waals surface area contributed by atoms with Gasteiger partial charge in [-0.05, 0) is 67.2 Å². The van der Waals surface area contributed by atoms with Gasteiger partial charge >= 0.3 is 0 Å². The van der Waals surface area contributed by atoms with Crippen LogP contribution in [-0.2, 0) is 6.54 Å². The Hall–Kier alpha value is -4.36. The lowest BCUT2D eigenvalue weighted by molar-refractivity contribution is 0.402. The van der Waals surface area contributed by atoms with Crippen LogP contribution in [0.2, 0.25) is 0 Å². The number of nitrogens with zero attached hydrogens (tertiary/aromatic N) is 3. The molecule has 0 saturated carbocycles. The first-order chi connectivity index (χ1) is 16.9. The molecule has 0 bridgehead atoms. The molecule has 5 aromatic rings. The van der Waals surface area contributed by atoms with Crippen molar-refractivity contribution in [3.8, 4) is 22.3 Å². The molecule has 7 heteroatoms. The molecule has 0 atom stereocenters. The summed E-state index contributed by atoms with van der Waals surface area (Å²) in [5.74, 6) is -0.309. The van der Waals surface area contributed by atoms with Crippen molar-refractivity contribution in [2.24, 2.45) is 0 Å². The lowest BCUT2D eigenvalue weighted by atomic mass is 9.98. The number of benzene rings is 2. The van der Waals surface area contributed by atoms with Gasteiger partial charge in [-0.1, -0.05) is 18.2 Å². The molecule has 0 aliphatic carbocycles. The van der Waals surface area contributed by atoms with E-state index in [1.54, 1.807) is 18.5 Å². The topological polar surface area (TPSA) is 94.7 Å². The Morgan fingerprint density at radius 2 is 1.77 bits per heavy atom. The number of pyridine rings is 2. The second-order valence-electron chi connectivity index (χ2n) is 8.84. The smallest absolute Gasteiger partial charge is 0.123 e. The molecule has 3 heterocycles. The van der Waals surface area contributed by atoms with Gasteiger partial charge in [0.2, 0.25) is 0 Å². The molecular formula is C28H25FN6. The lowest BCUT2D eigenvalue weighted by Crippen LogP contribution is -2.10. The molecule has 0 aliphatic rings. The standard InChI is InChI=1S/C28H25FN6/c1-35(2)16-17-8-20(13-32-12-17)18-6-7-25(30)23(10-18)28(31)26-11-22-24(14-33-15-27(22)34-26)19-4-3-5-21(29)9-19/h3-15,31,34H,16,30H2,1-2H3. The molecule has 0 radical (unpaired) electrons. The van der Waals surface area contributed by atoms with Crippen LogP contribution < -0.4 is 5.73 Å². The molecule has 35 heavy (non-hydrogen) atoms. The van der Waals surface area contributed by atoms with Crippen LogP contribution in [0.5, 0.6) is 0 Å². The number of rotatable bonds is 6. The lowest BCUT2D eigenvalue weighted by Gasteiger charge is -2.12. The summed E-state index contributed by atoms with van der Waals surface area (Å²) in [5, 5.41) is 9.79. The number of nitrogens with one attached hydrogen (secondary N) is 2. The minimum absolute atomic E-state index is 0.267. The monoisotopic (exact) mass is 464 g/mol. The highest BCUT2D eigenvalue weighted by Crippen LogP contribution is 2.31. The number of anilines is 1. The zero-order chi connectivity index (χ0) is 24.5. The molecule has 174 valence electrons. The fourth-order valence-corrected chi connectivity index (χ4v) is 4.27. The number of aromatic amines is 1. The average Bonchev–Trinajstić information content (AvgIpc) is 3.28. The van der Waals surface area contributed by atoms with Crippen LogP contribution >= 0.6 is 0 Å². The van der Waals surface area contributed by atoms with Crippen LogP contribution in [0.15, 0.2) is 79.4 Å². The Morgan fingerprint density at radius 3 is 2.57 bits per heavy atom. The van der Waals surface area contributed by atoms with E-state index in [1.165, 1.54) is 12.1 Å². The normalized spacial score (nSPS) is 11.3. The maximum atomic E-state index is 13.8. The maximum Gasteiger partial charge on any atom is 0.123 e. The Labute approximate surface area is 202 Å². The number of fused-ring (bicyclic) bond motifs is 1. The van der Waals surface area contributed by atoms with Crippen molar-refractivity contribution in [2.45, 2.75) is 6.54 Å². The third-order valence-corrected chi connectivity index (χ3v) is 5.90. The van der Waals surface area contributed by atoms with Crippen molar-refractivity contribution in [1.29, 1.82) is 5.41 Å². The van der Waals surface area contributed by atoms with Crippen LogP contribution in [0.3, 0.4) is 0 Å². The molecule has 0 saturated heterocycles. The van der Waals surface area contributed by atoms with Crippen molar-refractivity contribution >= 4 is 22.3 Å². The van der Waals surface area contributed by atoms with Gasteiger partial charge in [0.25, 0.3) is 0 Å². The van der Waals surface area contributed by atoms with Crippen molar-refractivity contribution in [2.75, 3.05) is 19.8 Å². The number of halogens is 1. The van der Waals surface area contributed by atoms with Crippen LogP contribution in [0, 0.1) is 11.2 Å². The number of aromatic nitrogens is 3. The quantitative estimate of drug-likeness (QED) is 0.229. The van der Waals surface area contributed by atoms with E-state index >= 15 is 0 Å². The maximum absolute atomic E-state index is 13.8. The van der Waals surface area contributed by atoms with Gasteiger partial charge in [0.05, 0.1) is 23.1 Å². The SMILES string of the molecule is CN(C)Cc1cncc(-c2ccc(N)c(C(=N)c3cc4c(-c5cccc(F)c5)cncc4[nH]3)c2)c1. The minimum Gasteiger partial charge on any atom is -0.398 e. The molecule has 0 fully saturated rings. The van der Waals surface area contributed by atoms with E-state index in [-0.39, 0.29) is 11.5 Å². The molecule has 0 spiro atoms. The Kier molecular flexibility index (Phi) is 5.84. The summed E-state index contributed by atoms with van der Waals surface area (Å²) in [7, 11) is 4.04. The van der Waals surface area contributed by atoms with Crippen molar-refractivity contribution in [3.63, 3.8) is 0 Å². The summed E-state index contributed by atoms with van der Waals surface area (Å²) < 4.78 is 13.8. The summed E-state index contributed by atoms with van der Waals surface area (Å²) in [6.07, 6.45) is 7.09. The van der Waals surface area contributed by atoms with Gasteiger partial charge in [0, 0.05) is 52.9 Å². The van der Waals surface area contributed by atoms with Gasteiger partial charge in [0.15, 0.2) is 0 Å². The highest BCUT2D eigenvalue weighted by Gasteiger charge is 2.15. The van der Waals surface area contributed by atoms with E-state index < -0.39 is 0 Å². The minimum atomic E-state index is -0.309. The summed E-state index contributed by atoms with van der Waals surface area (Å²) >= 11 is 0. The van der Waals surface area contributed by atoms with Crippen LogP contribution in [0.25, 0.3) is 33.2 Å². The van der Waals surface area contributed by atoms with Crippen molar-refractivity contribution in [1.82, 2.24) is 19.9 Å². The molecule has 2 aromatic carbocycles. The van der Waals surface area contributed by atoms with Crippen LogP contribution in [0.4, 0.5) is 10.1 Å². The molecule has 0 aliphatic heterocycles. The third kappa shape index (κ3) is 4.54. The van der Waals surface area contributed by atoms with Crippen LogP contribution in [-0.4, -0.2) is 39.7 Å². The predicted molar refractivity (Wildman–Crippen MR) is 139 cm³/mol. The molecule has 5 rings (SSSR count). The van der Waals surface area contributed by atoms with Crippen molar-refractivity contribution < 1.29 is 4.39 Å². The van der Waals surface area contributed by atoms with Crippen molar-refractivity contribution in [3.05, 3.63) is 102 Å². The molecular weight excluding hydrogens is 439 g/mol. The van der Waals surface area contributed by atoms with E-state index in [1.807, 2.05) is 56.8 Å². The van der Waals surface area contributed by atoms with E-state index in [0.29, 0.717) is 16.9 Å². The summed E-state index contributed by atoms with van der Waals surface area (Å²) in [4.78, 5) is 14.1. The number of hydrogen-bond donors (Lipinski definition) is 3. The summed E-state index contributed by atoms with van der Waals surface area (Å²) in [6, 6.07) is 16.1. The van der Waals surface area contributed by atoms with Gasteiger partial charge in [-0.25, -0.2) is 4.39 Å². The van der Waals surface area contributed by atoms with E-state index in [9.17, 15) is 4.39 Å². The third-order valence-electron chi connectivity index (χ3n) is 5.90. The first kappa shape index (κ1) is 22.4. The van der Waals surface area contributed by atoms with Gasteiger partial charge < -0.3 is 15.6 Å². The Morgan fingerprint density at radius 1 is 0.943 bits per heavy atom. The zero-order valence-corrected chi connectivity index (χ0v) is 19.5. The Balaban J connectivity index is 1.54. The van der Waals surface area contributed by atoms with E-state index in [0.717, 1.165) is 45.3 Å². The molecule has 0 unspecified atom stereocenters. The summed E-state index contributed by atoms with van der Waals surface area (Å²) in [5.41, 5.74) is 13.6. The Bertz CT molecular complexity index is 1550. The number of nitrogen functional groups attached to an aromatic ring is 1. The van der Waals surface area contributed by atoms with Crippen LogP contribution in [0.1, 0.15) is 16.8 Å². The fourth-order valence-electron chi connectivity index (χ4n) is 4.27. The number of H-pyrrole nitrogens is 1. The molecule has 3 aromatic heterocycles. The first-order valence-corrected chi connectivity index (χ1v) is 11.2. The zero-order valence-electron chi connectivity index (χ0n) is 19.5. The average molecular weight is 465 g/mol. The largest absolute Gasteiger partial charge is 0.398 e. The number of hydrogen-bond acceptors (Lipinski definition) is 5. The highest BCUT2D eigenvalue weighted by molar-refractivity contribution is 6.15. The van der Waals surface area contributed by atoms with Gasteiger partial charge in [-0.15, -0.1) is 0 Å². The van der Waals surface area contributed by atoms with Gasteiger partial charge in [-0.3, -0.25) is 15.4 Å². The molecule has 6 nitrogen and oxygen atoms in total. The first-order valence-electron chi connectivity index (χ1n) is 11.2. The second-order valence-corrected chi connectivity index (χ2v) is 8.84. The second kappa shape index (κ2) is 9.12. The van der Waals surface area contributed by atoms with E-state index in [4.69, 9.17) is 11.1 Å². The predicted octanol–water partition coefficient (Wildman–Crippen LogP) is 5.49. The van der Waals surface area contributed by atoms with Gasteiger partial charge in [0.1, 0.15) is 5.82 Å².